The van der Waals surface area contributed by atoms with Gasteiger partial charge in [0.2, 0.25) is 5.88 Å². The zero-order valence-electron chi connectivity index (χ0n) is 8.44. The van der Waals surface area contributed by atoms with Crippen molar-refractivity contribution >= 4 is 11.7 Å². The molecule has 1 rings (SSSR count). The van der Waals surface area contributed by atoms with Gasteiger partial charge in [0, 0.05) is 6.07 Å². The van der Waals surface area contributed by atoms with Gasteiger partial charge in [-0.25, -0.2) is 18.6 Å². The van der Waals surface area contributed by atoms with Gasteiger partial charge in [-0.1, -0.05) is 0 Å². The van der Waals surface area contributed by atoms with Crippen molar-refractivity contribution in [1.82, 2.24) is 4.98 Å². The lowest BCUT2D eigenvalue weighted by Gasteiger charge is -2.07. The molecule has 0 saturated heterocycles. The van der Waals surface area contributed by atoms with Gasteiger partial charge in [0.15, 0.2) is 6.61 Å². The predicted molar refractivity (Wildman–Crippen MR) is 51.5 cm³/mol. The molecule has 2 N–H and O–H groups in total. The van der Waals surface area contributed by atoms with Crippen molar-refractivity contribution in [2.45, 2.75) is 6.43 Å². The van der Waals surface area contributed by atoms with Gasteiger partial charge in [0.1, 0.15) is 0 Å². The monoisotopic (exact) mass is 232 g/mol. The molecule has 88 valence electrons. The fraction of sp³-hybridized carbons (Fsp3) is 0.333. The summed E-state index contributed by atoms with van der Waals surface area (Å²) in [5.74, 6) is -0.781. The molecule has 0 aromatic carbocycles. The average Bonchev–Trinajstić information content (AvgIpc) is 2.27. The Morgan fingerprint density at radius 2 is 2.31 bits per heavy atom. The molecule has 0 atom stereocenters. The molecular formula is C9H10F2N2O3. The van der Waals surface area contributed by atoms with E-state index in [-0.39, 0.29) is 17.1 Å². The van der Waals surface area contributed by atoms with Crippen LogP contribution in [-0.2, 0) is 4.74 Å². The lowest BCUT2D eigenvalue weighted by atomic mass is 10.2. The van der Waals surface area contributed by atoms with Crippen molar-refractivity contribution in [3.63, 3.8) is 0 Å². The number of nitrogens with zero attached hydrogens (tertiary/aromatic N) is 1. The third kappa shape index (κ3) is 3.04. The first-order valence-electron chi connectivity index (χ1n) is 4.29. The molecule has 0 saturated carbocycles. The molecule has 0 aliphatic carbocycles. The summed E-state index contributed by atoms with van der Waals surface area (Å²) in [6.45, 7) is -0.794. The van der Waals surface area contributed by atoms with Gasteiger partial charge >= 0.3 is 5.97 Å². The van der Waals surface area contributed by atoms with Crippen LogP contribution >= 0.6 is 0 Å². The molecule has 0 spiro atoms. The Labute approximate surface area is 90.2 Å². The van der Waals surface area contributed by atoms with Gasteiger partial charge < -0.3 is 15.2 Å². The van der Waals surface area contributed by atoms with E-state index in [0.717, 1.165) is 12.3 Å². The van der Waals surface area contributed by atoms with Crippen molar-refractivity contribution in [1.29, 1.82) is 0 Å². The largest absolute Gasteiger partial charge is 0.472 e. The highest BCUT2D eigenvalue weighted by atomic mass is 19.3. The van der Waals surface area contributed by atoms with Crippen LogP contribution in [0.3, 0.4) is 0 Å². The van der Waals surface area contributed by atoms with E-state index < -0.39 is 19.0 Å². The number of hydrogen-bond acceptors (Lipinski definition) is 5. The Morgan fingerprint density at radius 3 is 2.88 bits per heavy atom. The summed E-state index contributed by atoms with van der Waals surface area (Å²) in [5, 5.41) is 0. The van der Waals surface area contributed by atoms with E-state index in [9.17, 15) is 13.6 Å². The van der Waals surface area contributed by atoms with Crippen molar-refractivity contribution in [3.8, 4) is 5.88 Å². The third-order valence-electron chi connectivity index (χ3n) is 1.67. The van der Waals surface area contributed by atoms with Crippen LogP contribution in [0.15, 0.2) is 12.3 Å². The van der Waals surface area contributed by atoms with Crippen LogP contribution in [0, 0.1) is 0 Å². The molecular weight excluding hydrogens is 222 g/mol. The van der Waals surface area contributed by atoms with E-state index in [0.29, 0.717) is 0 Å². The number of carbonyl (C=O) groups is 1. The number of rotatable bonds is 4. The number of hydrogen-bond donors (Lipinski definition) is 1. The van der Waals surface area contributed by atoms with Crippen LogP contribution in [0.25, 0.3) is 0 Å². The van der Waals surface area contributed by atoms with E-state index in [1.807, 2.05) is 0 Å². The van der Waals surface area contributed by atoms with E-state index in [1.54, 1.807) is 0 Å². The van der Waals surface area contributed by atoms with E-state index in [1.165, 1.54) is 7.11 Å². The van der Waals surface area contributed by atoms with Crippen LogP contribution in [-0.4, -0.2) is 31.1 Å². The Hall–Kier alpha value is -1.92. The molecule has 16 heavy (non-hydrogen) atoms. The third-order valence-corrected chi connectivity index (χ3v) is 1.67. The number of anilines is 1. The molecule has 0 aliphatic heterocycles. The molecule has 0 radical (unpaired) electrons. The minimum absolute atomic E-state index is 0.0294. The maximum absolute atomic E-state index is 11.9. The van der Waals surface area contributed by atoms with Crippen molar-refractivity contribution in [3.05, 3.63) is 17.8 Å². The number of nitrogen functional groups attached to an aromatic ring is 1. The molecule has 0 fully saturated rings. The van der Waals surface area contributed by atoms with Gasteiger partial charge in [-0.2, -0.15) is 0 Å². The number of pyridine rings is 1. The maximum Gasteiger partial charge on any atom is 0.340 e. The molecule has 0 aliphatic rings. The summed E-state index contributed by atoms with van der Waals surface area (Å²) in [7, 11) is 1.18. The highest BCUT2D eigenvalue weighted by molar-refractivity contribution is 5.95. The molecule has 1 aromatic heterocycles. The Bertz CT molecular complexity index is 385. The zero-order valence-corrected chi connectivity index (χ0v) is 8.44. The lowest BCUT2D eigenvalue weighted by Crippen LogP contribution is -2.10. The first-order valence-corrected chi connectivity index (χ1v) is 4.29. The molecule has 7 heteroatoms. The lowest BCUT2D eigenvalue weighted by molar-refractivity contribution is 0.0600. The van der Waals surface area contributed by atoms with Crippen LogP contribution in [0.2, 0.25) is 0 Å². The average molecular weight is 232 g/mol. The summed E-state index contributed by atoms with van der Waals surface area (Å²) < 4.78 is 32.8. The second-order valence-corrected chi connectivity index (χ2v) is 2.80. The first-order chi connectivity index (χ1) is 7.54. The number of ether oxygens (including phenoxy) is 2. The van der Waals surface area contributed by atoms with Crippen LogP contribution in [0.5, 0.6) is 5.88 Å². The highest BCUT2D eigenvalue weighted by Crippen LogP contribution is 2.17. The molecule has 5 nitrogen and oxygen atoms in total. The van der Waals surface area contributed by atoms with E-state index in [4.69, 9.17) is 5.73 Å². The number of carbonyl (C=O) groups excluding carboxylic acids is 1. The van der Waals surface area contributed by atoms with E-state index in [2.05, 4.69) is 14.5 Å². The first kappa shape index (κ1) is 12.2. The number of aromatic nitrogens is 1. The smallest absolute Gasteiger partial charge is 0.340 e. The number of methoxy groups -OCH3 is 1. The van der Waals surface area contributed by atoms with E-state index >= 15 is 0 Å². The molecule has 0 unspecified atom stereocenters. The van der Waals surface area contributed by atoms with Gasteiger partial charge in [-0.05, 0) is 0 Å². The summed E-state index contributed by atoms with van der Waals surface area (Å²) in [6, 6.07) is 1.16. The molecule has 1 aromatic rings. The number of halogens is 2. The second kappa shape index (κ2) is 5.24. The summed E-state index contributed by atoms with van der Waals surface area (Å²) in [6.07, 6.45) is -1.46. The van der Waals surface area contributed by atoms with Gasteiger partial charge in [0.25, 0.3) is 6.43 Å². The number of nitrogens with two attached hydrogens (primary N) is 1. The standard InChI is InChI=1S/C9H10F2N2O3/c1-15-9(14)5-2-8(13-3-6(5)12)16-4-7(10)11/h2-3,7H,4,12H2,1H3. The Morgan fingerprint density at radius 1 is 1.62 bits per heavy atom. The van der Waals surface area contributed by atoms with Crippen molar-refractivity contribution < 1.29 is 23.0 Å². The molecule has 0 amide bonds. The fourth-order valence-electron chi connectivity index (χ4n) is 0.961. The highest BCUT2D eigenvalue weighted by Gasteiger charge is 2.13. The topological polar surface area (TPSA) is 74.4 Å². The summed E-state index contributed by atoms with van der Waals surface area (Å²) in [5.41, 5.74) is 5.58. The van der Waals surface area contributed by atoms with Crippen LogP contribution in [0.4, 0.5) is 14.5 Å². The maximum atomic E-state index is 11.9. The van der Waals surface area contributed by atoms with Crippen molar-refractivity contribution in [2.75, 3.05) is 19.5 Å². The second-order valence-electron chi connectivity index (χ2n) is 2.80. The summed E-state index contributed by atoms with van der Waals surface area (Å²) >= 11 is 0. The van der Waals surface area contributed by atoms with Gasteiger partial charge in [-0.15, -0.1) is 0 Å². The molecule has 1 heterocycles. The number of alkyl halides is 2. The quantitative estimate of drug-likeness (QED) is 0.786. The Balaban J connectivity index is 2.85. The minimum Gasteiger partial charge on any atom is -0.472 e. The zero-order chi connectivity index (χ0) is 12.1. The SMILES string of the molecule is COC(=O)c1cc(OCC(F)F)ncc1N. The van der Waals surface area contributed by atoms with Crippen molar-refractivity contribution in [2.24, 2.45) is 0 Å². The summed E-state index contributed by atoms with van der Waals surface area (Å²) in [4.78, 5) is 14.8. The molecule has 0 bridgehead atoms. The normalized spacial score (nSPS) is 10.2. The van der Waals surface area contributed by atoms with Gasteiger partial charge in [0.05, 0.1) is 24.6 Å². The minimum atomic E-state index is -2.61. The Kier molecular flexibility index (Phi) is 3.98. The van der Waals surface area contributed by atoms with Crippen LogP contribution in [0.1, 0.15) is 10.4 Å². The predicted octanol–water partition coefficient (Wildman–Crippen LogP) is 1.09. The van der Waals surface area contributed by atoms with Gasteiger partial charge in [-0.3, -0.25) is 0 Å². The van der Waals surface area contributed by atoms with Crippen LogP contribution < -0.4 is 10.5 Å². The number of esters is 1. The fourth-order valence-corrected chi connectivity index (χ4v) is 0.961.